The summed E-state index contributed by atoms with van der Waals surface area (Å²) in [5.41, 5.74) is 3.85. The lowest BCUT2D eigenvalue weighted by Crippen LogP contribution is -2.23. The molecule has 0 fully saturated rings. The van der Waals surface area contributed by atoms with E-state index in [1.165, 1.54) is 12.4 Å². The maximum atomic E-state index is 15.0. The molecule has 1 amide bonds. The van der Waals surface area contributed by atoms with E-state index in [2.05, 4.69) is 30.5 Å². The summed E-state index contributed by atoms with van der Waals surface area (Å²) in [7, 11) is 1.85. The molecule has 10 heteroatoms. The number of aryl methyl sites for hydroxylation is 1. The van der Waals surface area contributed by atoms with E-state index in [1.807, 2.05) is 40.1 Å². The molecule has 0 saturated carbocycles. The molecule has 35 heavy (non-hydrogen) atoms. The van der Waals surface area contributed by atoms with Crippen molar-refractivity contribution in [2.75, 3.05) is 0 Å². The maximum absolute atomic E-state index is 15.0. The van der Waals surface area contributed by atoms with E-state index in [-0.39, 0.29) is 17.7 Å². The Hall–Kier alpha value is -4.34. The number of hydrogen-bond acceptors (Lipinski definition) is 6. The van der Waals surface area contributed by atoms with Crippen LogP contribution in [0.15, 0.2) is 53.6 Å². The number of hydrogen-bond donors (Lipinski definition) is 2. The van der Waals surface area contributed by atoms with Crippen LogP contribution in [-0.2, 0) is 19.0 Å². The van der Waals surface area contributed by atoms with Crippen molar-refractivity contribution in [3.05, 3.63) is 71.9 Å². The molecule has 5 aromatic rings. The van der Waals surface area contributed by atoms with E-state index >= 15 is 0 Å². The molecule has 0 aliphatic rings. The van der Waals surface area contributed by atoms with E-state index < -0.39 is 11.7 Å². The molecule has 0 spiro atoms. The molecule has 0 saturated heterocycles. The van der Waals surface area contributed by atoms with Gasteiger partial charge in [0.1, 0.15) is 23.6 Å². The Bertz CT molecular complexity index is 1540. The highest BCUT2D eigenvalue weighted by Crippen LogP contribution is 2.30. The molecule has 4 aromatic heterocycles. The molecule has 0 bridgehead atoms. The van der Waals surface area contributed by atoms with Gasteiger partial charge in [-0.2, -0.15) is 5.10 Å². The third-order valence-corrected chi connectivity index (χ3v) is 5.69. The van der Waals surface area contributed by atoms with E-state index in [4.69, 9.17) is 4.52 Å². The number of rotatable bonds is 5. The number of nitrogens with one attached hydrogen (secondary N) is 2. The van der Waals surface area contributed by atoms with Gasteiger partial charge in [0.05, 0.1) is 17.6 Å². The van der Waals surface area contributed by atoms with Crippen LogP contribution >= 0.6 is 0 Å². The van der Waals surface area contributed by atoms with Gasteiger partial charge in [-0.25, -0.2) is 14.4 Å². The summed E-state index contributed by atoms with van der Waals surface area (Å²) in [6.07, 6.45) is 5.09. The number of carbonyl (C=O) groups is 1. The Morgan fingerprint density at radius 2 is 2.00 bits per heavy atom. The van der Waals surface area contributed by atoms with Crippen molar-refractivity contribution < 1.29 is 13.7 Å². The number of halogens is 1. The molecule has 2 N–H and O–H groups in total. The van der Waals surface area contributed by atoms with Gasteiger partial charge in [0, 0.05) is 53.3 Å². The first-order valence-corrected chi connectivity index (χ1v) is 11.1. The van der Waals surface area contributed by atoms with Gasteiger partial charge in [0.25, 0.3) is 5.91 Å². The van der Waals surface area contributed by atoms with Crippen molar-refractivity contribution in [2.45, 2.75) is 32.7 Å². The number of aromatic nitrogens is 6. The summed E-state index contributed by atoms with van der Waals surface area (Å²) in [4.78, 5) is 24.4. The van der Waals surface area contributed by atoms with Crippen LogP contribution in [0.1, 0.15) is 42.6 Å². The fourth-order valence-corrected chi connectivity index (χ4v) is 3.73. The molecule has 0 aliphatic carbocycles. The van der Waals surface area contributed by atoms with Crippen LogP contribution in [-0.4, -0.2) is 35.8 Å². The molecule has 0 atom stereocenters. The normalized spacial score (nSPS) is 11.8. The minimum atomic E-state index is -0.451. The Morgan fingerprint density at radius 1 is 1.17 bits per heavy atom. The van der Waals surface area contributed by atoms with Crippen molar-refractivity contribution in [2.24, 2.45) is 7.05 Å². The first kappa shape index (κ1) is 22.5. The Labute approximate surface area is 200 Å². The molecular weight excluding hydrogens is 449 g/mol. The zero-order valence-electron chi connectivity index (χ0n) is 19.8. The Kier molecular flexibility index (Phi) is 5.43. The van der Waals surface area contributed by atoms with E-state index in [9.17, 15) is 9.18 Å². The molecule has 178 valence electrons. The van der Waals surface area contributed by atoms with Crippen LogP contribution in [0.25, 0.3) is 33.5 Å². The smallest absolute Gasteiger partial charge is 0.273 e. The van der Waals surface area contributed by atoms with Gasteiger partial charge in [0.2, 0.25) is 0 Å². The highest BCUT2D eigenvalue weighted by molar-refractivity contribution is 5.94. The zero-order valence-corrected chi connectivity index (χ0v) is 19.8. The minimum absolute atomic E-state index is 0.0111. The van der Waals surface area contributed by atoms with Crippen LogP contribution < -0.4 is 5.32 Å². The van der Waals surface area contributed by atoms with Gasteiger partial charge in [-0.05, 0) is 12.1 Å². The van der Waals surface area contributed by atoms with Gasteiger partial charge >= 0.3 is 0 Å². The lowest BCUT2D eigenvalue weighted by molar-refractivity contribution is 0.0941. The third kappa shape index (κ3) is 4.42. The number of benzene rings is 1. The quantitative estimate of drug-likeness (QED) is 0.392. The molecule has 1 aromatic carbocycles. The van der Waals surface area contributed by atoms with Crippen molar-refractivity contribution >= 4 is 16.9 Å². The molecule has 9 nitrogen and oxygen atoms in total. The maximum Gasteiger partial charge on any atom is 0.273 e. The van der Waals surface area contributed by atoms with Gasteiger partial charge in [-0.3, -0.25) is 9.48 Å². The number of aromatic amines is 1. The summed E-state index contributed by atoms with van der Waals surface area (Å²) in [5.74, 6) is -0.278. The average molecular weight is 474 g/mol. The molecule has 0 aliphatic heterocycles. The van der Waals surface area contributed by atoms with Gasteiger partial charge in [-0.15, -0.1) is 0 Å². The predicted octanol–water partition coefficient (Wildman–Crippen LogP) is 4.38. The molecule has 5 rings (SSSR count). The number of H-pyrrole nitrogens is 1. The Morgan fingerprint density at radius 3 is 2.69 bits per heavy atom. The highest BCUT2D eigenvalue weighted by atomic mass is 19.1. The van der Waals surface area contributed by atoms with Crippen LogP contribution in [0, 0.1) is 5.82 Å². The predicted molar refractivity (Wildman–Crippen MR) is 128 cm³/mol. The van der Waals surface area contributed by atoms with Crippen LogP contribution in [0.3, 0.4) is 0 Å². The summed E-state index contributed by atoms with van der Waals surface area (Å²) in [6, 6.07) is 8.35. The zero-order chi connectivity index (χ0) is 24.7. The fourth-order valence-electron chi connectivity index (χ4n) is 3.73. The summed E-state index contributed by atoms with van der Waals surface area (Å²) >= 11 is 0. The molecule has 0 radical (unpaired) electrons. The molecule has 0 unspecified atom stereocenters. The Balaban J connectivity index is 1.36. The monoisotopic (exact) mass is 473 g/mol. The van der Waals surface area contributed by atoms with Gasteiger partial charge < -0.3 is 14.8 Å². The number of fused-ring (bicyclic) bond motifs is 1. The van der Waals surface area contributed by atoms with Crippen molar-refractivity contribution in [3.63, 3.8) is 0 Å². The van der Waals surface area contributed by atoms with Crippen molar-refractivity contribution in [1.82, 2.24) is 35.2 Å². The van der Waals surface area contributed by atoms with Crippen molar-refractivity contribution in [3.8, 4) is 22.5 Å². The lowest BCUT2D eigenvalue weighted by atomic mass is 9.93. The topological polar surface area (TPSA) is 115 Å². The largest absolute Gasteiger partial charge is 0.360 e. The van der Waals surface area contributed by atoms with E-state index in [1.54, 1.807) is 29.1 Å². The van der Waals surface area contributed by atoms with Crippen LogP contribution in [0.4, 0.5) is 4.39 Å². The summed E-state index contributed by atoms with van der Waals surface area (Å²) in [6.45, 7) is 5.90. The fraction of sp³-hybridized carbons (Fsp3) is 0.240. The van der Waals surface area contributed by atoms with Crippen LogP contribution in [0.5, 0.6) is 0 Å². The van der Waals surface area contributed by atoms with E-state index in [0.29, 0.717) is 28.2 Å². The summed E-state index contributed by atoms with van der Waals surface area (Å²) < 4.78 is 21.9. The highest BCUT2D eigenvalue weighted by Gasteiger charge is 2.22. The second kappa shape index (κ2) is 8.46. The second-order valence-corrected chi connectivity index (χ2v) is 9.39. The minimum Gasteiger partial charge on any atom is -0.360 e. The van der Waals surface area contributed by atoms with Crippen molar-refractivity contribution in [1.29, 1.82) is 0 Å². The number of amides is 1. The van der Waals surface area contributed by atoms with E-state index in [0.717, 1.165) is 16.6 Å². The van der Waals surface area contributed by atoms with Gasteiger partial charge in [0.15, 0.2) is 5.69 Å². The average Bonchev–Trinajstić information content (AvgIpc) is 3.56. The standard InChI is InChI=1S/C25H24FN7O2/c1-25(2,3)21-9-20(32-35-21)24(34)27-10-15-6-5-14(7-18(15)26)22-17-8-19(16-11-30-33(4)12-16)31-23(17)29-13-28-22/h5-9,11-13H,10H2,1-4H3,(H,27,34)(H,28,29,31). The molecule has 4 heterocycles. The first-order valence-electron chi connectivity index (χ1n) is 11.1. The summed E-state index contributed by atoms with van der Waals surface area (Å²) in [5, 5.41) is 11.5. The number of nitrogens with zero attached hydrogens (tertiary/aromatic N) is 5. The SMILES string of the molecule is Cn1cc(-c2cc3c(-c4ccc(CNC(=O)c5cc(C(C)(C)C)on5)c(F)c4)ncnc3[nH]2)cn1. The van der Waals surface area contributed by atoms with Crippen LogP contribution in [0.2, 0.25) is 0 Å². The second-order valence-electron chi connectivity index (χ2n) is 9.39. The first-order chi connectivity index (χ1) is 16.7. The van der Waals surface area contributed by atoms with Gasteiger partial charge in [-0.1, -0.05) is 38.1 Å². The number of carbonyl (C=O) groups excluding carboxylic acids is 1. The molecular formula is C25H24FN7O2. The lowest BCUT2D eigenvalue weighted by Gasteiger charge is -2.12. The third-order valence-electron chi connectivity index (χ3n) is 5.69.